The molecular weight excluding hydrogens is 324 g/mol. The molecule has 27 heavy (non-hydrogen) atoms. The van der Waals surface area contributed by atoms with E-state index in [0.29, 0.717) is 0 Å². The summed E-state index contributed by atoms with van der Waals surface area (Å²) in [4.78, 5) is 0. The van der Waals surface area contributed by atoms with E-state index in [1.54, 1.807) is 6.08 Å². The lowest BCUT2D eigenvalue weighted by atomic mass is 9.89. The molecule has 132 valence electrons. The molecule has 0 N–H and O–H groups in total. The first-order chi connectivity index (χ1) is 13.2. The van der Waals surface area contributed by atoms with Gasteiger partial charge in [0, 0.05) is 0 Å². The molecule has 0 unspecified atom stereocenters. The summed E-state index contributed by atoms with van der Waals surface area (Å²) >= 11 is 0. The average Bonchev–Trinajstić information content (AvgIpc) is 3.17. The fourth-order valence-electron chi connectivity index (χ4n) is 3.50. The highest BCUT2D eigenvalue weighted by Crippen LogP contribution is 2.35. The normalized spacial score (nSPS) is 17.3. The van der Waals surface area contributed by atoms with Crippen molar-refractivity contribution in [3.63, 3.8) is 0 Å². The second-order valence-corrected chi connectivity index (χ2v) is 6.53. The summed E-state index contributed by atoms with van der Waals surface area (Å²) in [5, 5.41) is 2.55. The SMILES string of the molecule is C=C\C=C/C=C/C(C=C)=C1\C=C=C\C1=C(\C)c1c(C)ccc2ccccc12. The van der Waals surface area contributed by atoms with Crippen molar-refractivity contribution in [1.29, 1.82) is 0 Å². The summed E-state index contributed by atoms with van der Waals surface area (Å²) < 4.78 is 0. The molecule has 0 amide bonds. The van der Waals surface area contributed by atoms with E-state index in [4.69, 9.17) is 0 Å². The van der Waals surface area contributed by atoms with Gasteiger partial charge in [-0.2, -0.15) is 0 Å². The summed E-state index contributed by atoms with van der Waals surface area (Å²) in [6.45, 7) is 12.1. The summed E-state index contributed by atoms with van der Waals surface area (Å²) in [6.07, 6.45) is 15.7. The molecule has 0 saturated carbocycles. The van der Waals surface area contributed by atoms with Gasteiger partial charge in [0.25, 0.3) is 0 Å². The Morgan fingerprint density at radius 3 is 2.48 bits per heavy atom. The molecule has 0 heteroatoms. The molecule has 0 saturated heterocycles. The van der Waals surface area contributed by atoms with Gasteiger partial charge in [-0.15, -0.1) is 5.73 Å². The molecule has 0 radical (unpaired) electrons. The zero-order chi connectivity index (χ0) is 19.2. The molecule has 1 aliphatic rings. The summed E-state index contributed by atoms with van der Waals surface area (Å²) in [7, 11) is 0. The molecule has 0 nitrogen and oxygen atoms in total. The fraction of sp³-hybridized carbons (Fsp3) is 0.0741. The molecule has 0 atom stereocenters. The van der Waals surface area contributed by atoms with E-state index in [1.165, 1.54) is 33.0 Å². The first-order valence-corrected chi connectivity index (χ1v) is 9.12. The maximum absolute atomic E-state index is 4.00. The maximum Gasteiger partial charge on any atom is -0.00253 e. The third kappa shape index (κ3) is 3.77. The van der Waals surface area contributed by atoms with Crippen molar-refractivity contribution >= 4 is 16.3 Å². The molecule has 0 aromatic heterocycles. The summed E-state index contributed by atoms with van der Waals surface area (Å²) in [5.74, 6) is 0. The lowest BCUT2D eigenvalue weighted by Crippen LogP contribution is -1.94. The molecule has 0 spiro atoms. The van der Waals surface area contributed by atoms with Crippen molar-refractivity contribution in [3.8, 4) is 0 Å². The minimum absolute atomic E-state index is 1.08. The van der Waals surface area contributed by atoms with E-state index in [1.807, 2.05) is 30.4 Å². The van der Waals surface area contributed by atoms with Crippen LogP contribution in [0.2, 0.25) is 0 Å². The van der Waals surface area contributed by atoms with E-state index >= 15 is 0 Å². The quantitative estimate of drug-likeness (QED) is 0.389. The van der Waals surface area contributed by atoms with E-state index < -0.39 is 0 Å². The van der Waals surface area contributed by atoms with Gasteiger partial charge in [0.1, 0.15) is 0 Å². The Morgan fingerprint density at radius 1 is 0.926 bits per heavy atom. The minimum Gasteiger partial charge on any atom is -0.120 e. The Kier molecular flexibility index (Phi) is 5.71. The Balaban J connectivity index is 2.19. The van der Waals surface area contributed by atoms with Crippen molar-refractivity contribution in [2.24, 2.45) is 0 Å². The standard InChI is InChI=1S/C27H24/c1-5-7-8-9-13-22(6-2)25-17-12-16-24(25)21(4)27-20(3)18-19-23-14-10-11-15-26(23)27/h5-11,13-19H,1-2H2,3-4H3/b8-7-,13-9+,24-21+,25-22+. The predicted octanol–water partition coefficient (Wildman–Crippen LogP) is 7.43. The van der Waals surface area contributed by atoms with Gasteiger partial charge in [0.2, 0.25) is 0 Å². The first kappa shape index (κ1) is 18.5. The largest absolute Gasteiger partial charge is 0.120 e. The Morgan fingerprint density at radius 2 is 1.70 bits per heavy atom. The number of aryl methyl sites for hydroxylation is 1. The van der Waals surface area contributed by atoms with Crippen LogP contribution in [0.15, 0.2) is 121 Å². The zero-order valence-electron chi connectivity index (χ0n) is 16.0. The van der Waals surface area contributed by atoms with Crippen LogP contribution in [-0.2, 0) is 0 Å². The van der Waals surface area contributed by atoms with Crippen molar-refractivity contribution in [2.45, 2.75) is 13.8 Å². The van der Waals surface area contributed by atoms with Gasteiger partial charge in [-0.1, -0.05) is 86.0 Å². The zero-order valence-corrected chi connectivity index (χ0v) is 16.0. The first-order valence-electron chi connectivity index (χ1n) is 9.12. The monoisotopic (exact) mass is 348 g/mol. The number of hydrogen-bond acceptors (Lipinski definition) is 0. The number of hydrogen-bond donors (Lipinski definition) is 0. The van der Waals surface area contributed by atoms with Gasteiger partial charge in [-0.05, 0) is 70.2 Å². The van der Waals surface area contributed by atoms with E-state index in [2.05, 4.69) is 81.3 Å². The third-order valence-corrected chi connectivity index (χ3v) is 4.83. The molecule has 0 fully saturated rings. The van der Waals surface area contributed by atoms with Gasteiger partial charge in [-0.3, -0.25) is 0 Å². The smallest absolute Gasteiger partial charge is 0.00253 e. The van der Waals surface area contributed by atoms with Gasteiger partial charge in [0.05, 0.1) is 0 Å². The third-order valence-electron chi connectivity index (χ3n) is 4.83. The van der Waals surface area contributed by atoms with Crippen LogP contribution < -0.4 is 0 Å². The Labute approximate surface area is 162 Å². The molecule has 0 aliphatic heterocycles. The highest BCUT2D eigenvalue weighted by Gasteiger charge is 2.15. The van der Waals surface area contributed by atoms with E-state index in [0.717, 1.165) is 11.1 Å². The molecule has 0 heterocycles. The highest BCUT2D eigenvalue weighted by molar-refractivity contribution is 5.97. The van der Waals surface area contributed by atoms with Crippen LogP contribution in [0.4, 0.5) is 0 Å². The Bertz CT molecular complexity index is 1090. The number of benzene rings is 2. The number of fused-ring (bicyclic) bond motifs is 1. The van der Waals surface area contributed by atoms with Crippen LogP contribution in [0.25, 0.3) is 16.3 Å². The van der Waals surface area contributed by atoms with Crippen LogP contribution in [0.3, 0.4) is 0 Å². The van der Waals surface area contributed by atoms with Crippen LogP contribution in [0, 0.1) is 6.92 Å². The molecule has 1 aliphatic carbocycles. The average molecular weight is 348 g/mol. The molecule has 2 aromatic carbocycles. The number of allylic oxidation sites excluding steroid dienone is 11. The van der Waals surface area contributed by atoms with Gasteiger partial charge < -0.3 is 0 Å². The number of rotatable bonds is 5. The molecular formula is C27H24. The van der Waals surface area contributed by atoms with Gasteiger partial charge in [0.15, 0.2) is 0 Å². The second-order valence-electron chi connectivity index (χ2n) is 6.53. The predicted molar refractivity (Wildman–Crippen MR) is 120 cm³/mol. The second kappa shape index (κ2) is 8.36. The van der Waals surface area contributed by atoms with Gasteiger partial charge >= 0.3 is 0 Å². The van der Waals surface area contributed by atoms with Crippen molar-refractivity contribution in [1.82, 2.24) is 0 Å². The summed E-state index contributed by atoms with van der Waals surface area (Å²) in [5.41, 5.74) is 10.5. The maximum atomic E-state index is 4.00. The van der Waals surface area contributed by atoms with Crippen molar-refractivity contribution < 1.29 is 0 Å². The Hall–Kier alpha value is -3.34. The van der Waals surface area contributed by atoms with Crippen molar-refractivity contribution in [3.05, 3.63) is 132 Å². The molecule has 2 aromatic rings. The van der Waals surface area contributed by atoms with Crippen LogP contribution in [0.1, 0.15) is 18.1 Å². The van der Waals surface area contributed by atoms with E-state index in [9.17, 15) is 0 Å². The van der Waals surface area contributed by atoms with Crippen LogP contribution in [0.5, 0.6) is 0 Å². The minimum atomic E-state index is 1.08. The van der Waals surface area contributed by atoms with E-state index in [-0.39, 0.29) is 0 Å². The topological polar surface area (TPSA) is 0 Å². The molecule has 0 bridgehead atoms. The lowest BCUT2D eigenvalue weighted by molar-refractivity contribution is 1.41. The lowest BCUT2D eigenvalue weighted by Gasteiger charge is -2.15. The van der Waals surface area contributed by atoms with Crippen LogP contribution >= 0.6 is 0 Å². The highest BCUT2D eigenvalue weighted by atomic mass is 14.2. The summed E-state index contributed by atoms with van der Waals surface area (Å²) in [6, 6.07) is 12.9. The van der Waals surface area contributed by atoms with Crippen LogP contribution in [-0.4, -0.2) is 0 Å². The molecule has 3 rings (SSSR count). The van der Waals surface area contributed by atoms with Crippen molar-refractivity contribution in [2.75, 3.05) is 0 Å². The van der Waals surface area contributed by atoms with Gasteiger partial charge in [-0.25, -0.2) is 0 Å². The fourth-order valence-corrected chi connectivity index (χ4v) is 3.50.